The summed E-state index contributed by atoms with van der Waals surface area (Å²) in [5.74, 6) is 0. The lowest BCUT2D eigenvalue weighted by atomic mass is 10.2. The van der Waals surface area contributed by atoms with E-state index in [0.717, 1.165) is 11.3 Å². The Labute approximate surface area is 123 Å². The third-order valence-electron chi connectivity index (χ3n) is 2.90. The molecule has 0 aliphatic carbocycles. The van der Waals surface area contributed by atoms with Crippen LogP contribution in [-0.4, -0.2) is 20.9 Å². The summed E-state index contributed by atoms with van der Waals surface area (Å²) in [6.07, 6.45) is 2.74. The summed E-state index contributed by atoms with van der Waals surface area (Å²) in [6, 6.07) is 12.2. The second-order valence-electron chi connectivity index (χ2n) is 4.45. The minimum absolute atomic E-state index is 0.267. The van der Waals surface area contributed by atoms with E-state index in [-0.39, 0.29) is 4.90 Å². The van der Waals surface area contributed by atoms with Crippen LogP contribution in [0.3, 0.4) is 0 Å². The molecule has 0 heterocycles. The van der Waals surface area contributed by atoms with Crippen LogP contribution in [0.1, 0.15) is 11.1 Å². The molecule has 0 aliphatic heterocycles. The lowest BCUT2D eigenvalue weighted by Crippen LogP contribution is -2.01. The Bertz CT molecular complexity index is 767. The second-order valence-corrected chi connectivity index (χ2v) is 6.84. The van der Waals surface area contributed by atoms with Crippen molar-refractivity contribution in [2.24, 2.45) is 4.99 Å². The summed E-state index contributed by atoms with van der Waals surface area (Å²) in [5, 5.41) is 0.635. The molecule has 20 heavy (non-hydrogen) atoms. The average molecular weight is 308 g/mol. The Morgan fingerprint density at radius 1 is 1.10 bits per heavy atom. The molecule has 104 valence electrons. The molecule has 2 rings (SSSR count). The topological polar surface area (TPSA) is 46.5 Å². The molecule has 2 aromatic carbocycles. The molecule has 5 heteroatoms. The Hall–Kier alpha value is -1.65. The highest BCUT2D eigenvalue weighted by atomic mass is 35.5. The molecule has 3 nitrogen and oxygen atoms in total. The molecule has 0 saturated carbocycles. The van der Waals surface area contributed by atoms with E-state index < -0.39 is 9.84 Å². The lowest BCUT2D eigenvalue weighted by Gasteiger charge is -2.04. The zero-order valence-corrected chi connectivity index (χ0v) is 12.7. The zero-order chi connectivity index (χ0) is 14.8. The zero-order valence-electron chi connectivity index (χ0n) is 11.2. The van der Waals surface area contributed by atoms with Crippen molar-refractivity contribution in [2.75, 3.05) is 6.26 Å². The fourth-order valence-electron chi connectivity index (χ4n) is 1.80. The lowest BCUT2D eigenvalue weighted by molar-refractivity contribution is 0.602. The highest BCUT2D eigenvalue weighted by molar-refractivity contribution is 7.90. The Kier molecular flexibility index (Phi) is 4.26. The van der Waals surface area contributed by atoms with Gasteiger partial charge in [-0.05, 0) is 30.7 Å². The van der Waals surface area contributed by atoms with Crippen molar-refractivity contribution >= 4 is 33.3 Å². The molecule has 0 bridgehead atoms. The van der Waals surface area contributed by atoms with Gasteiger partial charge in [-0.15, -0.1) is 0 Å². The predicted octanol–water partition coefficient (Wildman–Crippen LogP) is 3.80. The number of aliphatic imine (C=N–C) groups is 1. The maximum absolute atomic E-state index is 11.7. The van der Waals surface area contributed by atoms with E-state index in [4.69, 9.17) is 11.6 Å². The number of benzene rings is 2. The molecular weight excluding hydrogens is 294 g/mol. The molecule has 2 aromatic rings. The van der Waals surface area contributed by atoms with E-state index in [1.165, 1.54) is 6.26 Å². The van der Waals surface area contributed by atoms with Crippen molar-refractivity contribution in [3.05, 3.63) is 58.6 Å². The highest BCUT2D eigenvalue weighted by Gasteiger charge is 2.10. The summed E-state index contributed by atoms with van der Waals surface area (Å²) in [7, 11) is -3.27. The van der Waals surface area contributed by atoms with Crippen molar-refractivity contribution in [3.63, 3.8) is 0 Å². The van der Waals surface area contributed by atoms with Crippen LogP contribution in [0.2, 0.25) is 5.02 Å². The fourth-order valence-corrected chi connectivity index (χ4v) is 2.84. The number of rotatable bonds is 3. The van der Waals surface area contributed by atoms with Crippen LogP contribution < -0.4 is 0 Å². The summed E-state index contributed by atoms with van der Waals surface area (Å²) < 4.78 is 23.4. The summed E-state index contributed by atoms with van der Waals surface area (Å²) >= 11 is 6.03. The van der Waals surface area contributed by atoms with Crippen LogP contribution in [0.25, 0.3) is 0 Å². The smallest absolute Gasteiger partial charge is 0.176 e. The SMILES string of the molecule is Cc1c(Cl)cccc1N=Cc1ccccc1S(C)(=O)=O. The monoisotopic (exact) mass is 307 g/mol. The first-order valence-corrected chi connectivity index (χ1v) is 8.25. The maximum Gasteiger partial charge on any atom is 0.176 e. The van der Waals surface area contributed by atoms with Crippen molar-refractivity contribution < 1.29 is 8.42 Å². The Morgan fingerprint density at radius 2 is 1.80 bits per heavy atom. The van der Waals surface area contributed by atoms with E-state index in [9.17, 15) is 8.42 Å². The molecule has 0 spiro atoms. The Balaban J connectivity index is 2.45. The van der Waals surface area contributed by atoms with Crippen LogP contribution >= 0.6 is 11.6 Å². The highest BCUT2D eigenvalue weighted by Crippen LogP contribution is 2.25. The predicted molar refractivity (Wildman–Crippen MR) is 83.0 cm³/mol. The van der Waals surface area contributed by atoms with Gasteiger partial charge >= 0.3 is 0 Å². The van der Waals surface area contributed by atoms with Crippen molar-refractivity contribution in [2.45, 2.75) is 11.8 Å². The molecule has 0 saturated heterocycles. The molecule has 0 N–H and O–H groups in total. The number of sulfone groups is 1. The van der Waals surface area contributed by atoms with E-state index in [2.05, 4.69) is 4.99 Å². The van der Waals surface area contributed by atoms with Gasteiger partial charge in [0.05, 0.1) is 10.6 Å². The van der Waals surface area contributed by atoms with Gasteiger partial charge in [-0.3, -0.25) is 4.99 Å². The van der Waals surface area contributed by atoms with Gasteiger partial charge < -0.3 is 0 Å². The molecule has 0 amide bonds. The van der Waals surface area contributed by atoms with Crippen molar-refractivity contribution in [1.29, 1.82) is 0 Å². The first kappa shape index (κ1) is 14.8. The van der Waals surface area contributed by atoms with Gasteiger partial charge in [0.1, 0.15) is 0 Å². The fraction of sp³-hybridized carbons (Fsp3) is 0.133. The summed E-state index contributed by atoms with van der Waals surface area (Å²) in [5.41, 5.74) is 2.15. The van der Waals surface area contributed by atoms with Gasteiger partial charge in [-0.2, -0.15) is 0 Å². The maximum atomic E-state index is 11.7. The summed E-state index contributed by atoms with van der Waals surface area (Å²) in [4.78, 5) is 4.60. The van der Waals surface area contributed by atoms with E-state index in [0.29, 0.717) is 10.6 Å². The number of hydrogen-bond acceptors (Lipinski definition) is 3. The van der Waals surface area contributed by atoms with Crippen molar-refractivity contribution in [1.82, 2.24) is 0 Å². The quantitative estimate of drug-likeness (QED) is 0.810. The number of hydrogen-bond donors (Lipinski definition) is 0. The first-order chi connectivity index (χ1) is 9.39. The molecule has 0 fully saturated rings. The van der Waals surface area contributed by atoms with Crippen LogP contribution in [0.5, 0.6) is 0 Å². The molecule has 0 aromatic heterocycles. The van der Waals surface area contributed by atoms with Crippen LogP contribution in [0.15, 0.2) is 52.4 Å². The van der Waals surface area contributed by atoms with Gasteiger partial charge in [-0.1, -0.05) is 35.9 Å². The van der Waals surface area contributed by atoms with Crippen LogP contribution in [-0.2, 0) is 9.84 Å². The number of nitrogens with zero attached hydrogens (tertiary/aromatic N) is 1. The van der Waals surface area contributed by atoms with E-state index >= 15 is 0 Å². The van der Waals surface area contributed by atoms with Gasteiger partial charge in [0.25, 0.3) is 0 Å². The average Bonchev–Trinajstić information content (AvgIpc) is 2.40. The Morgan fingerprint density at radius 3 is 2.50 bits per heavy atom. The standard InChI is InChI=1S/C15H14ClNO2S/c1-11-13(16)7-5-8-14(11)17-10-12-6-3-4-9-15(12)20(2,18)19/h3-10H,1-2H3. The van der Waals surface area contributed by atoms with Crippen molar-refractivity contribution in [3.8, 4) is 0 Å². The van der Waals surface area contributed by atoms with Gasteiger partial charge in [0.2, 0.25) is 0 Å². The number of halogens is 1. The van der Waals surface area contributed by atoms with Gasteiger partial charge in [0.15, 0.2) is 9.84 Å². The van der Waals surface area contributed by atoms with Gasteiger partial charge in [0, 0.05) is 23.1 Å². The molecule has 0 unspecified atom stereocenters. The summed E-state index contributed by atoms with van der Waals surface area (Å²) in [6.45, 7) is 1.87. The van der Waals surface area contributed by atoms with E-state index in [1.54, 1.807) is 36.5 Å². The molecule has 0 atom stereocenters. The van der Waals surface area contributed by atoms with Crippen LogP contribution in [0.4, 0.5) is 5.69 Å². The third kappa shape index (κ3) is 3.26. The third-order valence-corrected chi connectivity index (χ3v) is 4.48. The van der Waals surface area contributed by atoms with E-state index in [1.807, 2.05) is 19.1 Å². The molecular formula is C15H14ClNO2S. The second kappa shape index (κ2) is 5.77. The van der Waals surface area contributed by atoms with Gasteiger partial charge in [-0.25, -0.2) is 8.42 Å². The minimum atomic E-state index is -3.27. The minimum Gasteiger partial charge on any atom is -0.256 e. The first-order valence-electron chi connectivity index (χ1n) is 5.98. The largest absolute Gasteiger partial charge is 0.256 e. The normalized spacial score (nSPS) is 11.9. The van der Waals surface area contributed by atoms with Crippen LogP contribution in [0, 0.1) is 6.92 Å². The molecule has 0 radical (unpaired) electrons. The molecule has 0 aliphatic rings.